The number of fused-ring (bicyclic) bond motifs is 1. The predicted molar refractivity (Wildman–Crippen MR) is 96.2 cm³/mol. The van der Waals surface area contributed by atoms with Crippen LogP contribution in [0, 0.1) is 0 Å². The molecule has 0 saturated carbocycles. The van der Waals surface area contributed by atoms with Crippen molar-refractivity contribution in [3.05, 3.63) is 19.5 Å². The molecule has 18 heavy (non-hydrogen) atoms. The minimum absolute atomic E-state index is 1.07. The summed E-state index contributed by atoms with van der Waals surface area (Å²) in [6.45, 7) is 7.16. The SMILES string of the molecule is CSc1[nH]c2cc(Br)c(Br)c(Br)c2c1[Si](C)(C)C. The maximum absolute atomic E-state index is 3.73. The fourth-order valence-corrected chi connectivity index (χ4v) is 7.42. The summed E-state index contributed by atoms with van der Waals surface area (Å²) in [6.07, 6.45) is 2.13. The predicted octanol–water partition coefficient (Wildman–Crippen LogP) is 5.72. The molecule has 0 atom stereocenters. The number of nitrogens with one attached hydrogen (secondary N) is 1. The first kappa shape index (κ1) is 15.2. The van der Waals surface area contributed by atoms with Crippen molar-refractivity contribution in [2.45, 2.75) is 24.7 Å². The Morgan fingerprint density at radius 1 is 1.11 bits per heavy atom. The van der Waals surface area contributed by atoms with Crippen molar-refractivity contribution in [1.29, 1.82) is 0 Å². The zero-order chi connectivity index (χ0) is 13.7. The second kappa shape index (κ2) is 5.28. The van der Waals surface area contributed by atoms with Crippen LogP contribution in [0.2, 0.25) is 19.6 Å². The Morgan fingerprint density at radius 3 is 2.22 bits per heavy atom. The van der Waals surface area contributed by atoms with Crippen LogP contribution in [0.3, 0.4) is 0 Å². The first-order valence-corrected chi connectivity index (χ1v) is 12.6. The lowest BCUT2D eigenvalue weighted by molar-refractivity contribution is 1.26. The van der Waals surface area contributed by atoms with E-state index in [0.29, 0.717) is 0 Å². The third kappa shape index (κ3) is 2.51. The van der Waals surface area contributed by atoms with Crippen molar-refractivity contribution in [3.8, 4) is 0 Å². The molecule has 0 radical (unpaired) electrons. The van der Waals surface area contributed by atoms with Crippen LogP contribution in [0.1, 0.15) is 0 Å². The number of hydrogen-bond acceptors (Lipinski definition) is 1. The molecule has 0 amide bonds. The molecule has 0 aliphatic rings. The van der Waals surface area contributed by atoms with Crippen molar-refractivity contribution < 1.29 is 0 Å². The number of halogens is 3. The number of aromatic amines is 1. The van der Waals surface area contributed by atoms with Crippen LogP contribution in [0.5, 0.6) is 0 Å². The minimum Gasteiger partial charge on any atom is -0.350 e. The minimum atomic E-state index is -1.40. The highest BCUT2D eigenvalue weighted by atomic mass is 79.9. The number of H-pyrrole nitrogens is 1. The Hall–Kier alpha value is 0.767. The van der Waals surface area contributed by atoms with Crippen molar-refractivity contribution in [3.63, 3.8) is 0 Å². The molecule has 0 aliphatic heterocycles. The molecule has 6 heteroatoms. The van der Waals surface area contributed by atoms with E-state index in [2.05, 4.69) is 84.7 Å². The molecule has 1 aromatic carbocycles. The van der Waals surface area contributed by atoms with Gasteiger partial charge in [0, 0.05) is 24.3 Å². The Morgan fingerprint density at radius 2 is 1.72 bits per heavy atom. The molecular formula is C12H14Br3NSSi. The Bertz CT molecular complexity index is 616. The van der Waals surface area contributed by atoms with Gasteiger partial charge >= 0.3 is 0 Å². The molecular weight excluding hydrogens is 458 g/mol. The molecule has 0 unspecified atom stereocenters. The topological polar surface area (TPSA) is 15.8 Å². The fraction of sp³-hybridized carbons (Fsp3) is 0.333. The maximum Gasteiger partial charge on any atom is 0.0819 e. The number of aromatic nitrogens is 1. The average molecular weight is 472 g/mol. The summed E-state index contributed by atoms with van der Waals surface area (Å²) in [5.41, 5.74) is 1.19. The Kier molecular flexibility index (Phi) is 4.44. The van der Waals surface area contributed by atoms with Gasteiger partial charge in [-0.25, -0.2) is 0 Å². The average Bonchev–Trinajstić information content (AvgIpc) is 2.64. The van der Waals surface area contributed by atoms with E-state index < -0.39 is 8.07 Å². The molecule has 0 aliphatic carbocycles. The molecule has 0 saturated heterocycles. The zero-order valence-electron chi connectivity index (χ0n) is 10.6. The van der Waals surface area contributed by atoms with Crippen LogP contribution in [-0.4, -0.2) is 19.3 Å². The van der Waals surface area contributed by atoms with E-state index in [0.717, 1.165) is 13.4 Å². The van der Waals surface area contributed by atoms with Gasteiger partial charge in [0.1, 0.15) is 0 Å². The van der Waals surface area contributed by atoms with Crippen LogP contribution >= 0.6 is 59.6 Å². The zero-order valence-corrected chi connectivity index (χ0v) is 17.2. The summed E-state index contributed by atoms with van der Waals surface area (Å²) in [4.78, 5) is 3.55. The largest absolute Gasteiger partial charge is 0.350 e. The number of hydrogen-bond donors (Lipinski definition) is 1. The summed E-state index contributed by atoms with van der Waals surface area (Å²) in [7, 11) is -1.40. The number of thioether (sulfide) groups is 1. The molecule has 2 rings (SSSR count). The van der Waals surface area contributed by atoms with Crippen LogP contribution in [0.15, 0.2) is 24.5 Å². The van der Waals surface area contributed by atoms with Crippen molar-refractivity contribution in [2.75, 3.05) is 6.26 Å². The molecule has 98 valence electrons. The standard InChI is InChI=1S/C12H14Br3NSSi/c1-17-12-11(18(2,3)4)8-7(16-12)5-6(13)9(14)10(8)15/h5,16H,1-4H3. The lowest BCUT2D eigenvalue weighted by atomic mass is 10.2. The van der Waals surface area contributed by atoms with Gasteiger partial charge < -0.3 is 4.98 Å². The van der Waals surface area contributed by atoms with Crippen LogP contribution in [-0.2, 0) is 0 Å². The van der Waals surface area contributed by atoms with E-state index >= 15 is 0 Å². The van der Waals surface area contributed by atoms with Gasteiger partial charge in [0.05, 0.1) is 13.1 Å². The smallest absolute Gasteiger partial charge is 0.0819 e. The van der Waals surface area contributed by atoms with Gasteiger partial charge in [-0.1, -0.05) is 19.6 Å². The first-order chi connectivity index (χ1) is 8.27. The molecule has 1 aromatic heterocycles. The van der Waals surface area contributed by atoms with Crippen LogP contribution in [0.4, 0.5) is 0 Å². The van der Waals surface area contributed by atoms with Gasteiger partial charge in [0.25, 0.3) is 0 Å². The molecule has 1 nitrogen and oxygen atoms in total. The Balaban J connectivity index is 2.95. The summed E-state index contributed by atoms with van der Waals surface area (Å²) in [5, 5.41) is 4.13. The molecule has 1 N–H and O–H groups in total. The van der Waals surface area contributed by atoms with Crippen molar-refractivity contribution in [2.24, 2.45) is 0 Å². The molecule has 0 bridgehead atoms. The lowest BCUT2D eigenvalue weighted by Crippen LogP contribution is -2.38. The Labute approximate surface area is 138 Å². The van der Waals surface area contributed by atoms with Gasteiger partial charge in [0.15, 0.2) is 0 Å². The van der Waals surface area contributed by atoms with E-state index in [1.165, 1.54) is 21.1 Å². The summed E-state index contributed by atoms with van der Waals surface area (Å²) in [5.74, 6) is 0. The monoisotopic (exact) mass is 469 g/mol. The van der Waals surface area contributed by atoms with E-state index in [1.807, 2.05) is 0 Å². The van der Waals surface area contributed by atoms with Gasteiger partial charge in [-0.05, 0) is 65.3 Å². The van der Waals surface area contributed by atoms with Crippen molar-refractivity contribution in [1.82, 2.24) is 4.98 Å². The van der Waals surface area contributed by atoms with E-state index in [9.17, 15) is 0 Å². The third-order valence-electron chi connectivity index (χ3n) is 2.84. The van der Waals surface area contributed by atoms with Gasteiger partial charge in [-0.2, -0.15) is 0 Å². The van der Waals surface area contributed by atoms with E-state index in [-0.39, 0.29) is 0 Å². The maximum atomic E-state index is 3.73. The van der Waals surface area contributed by atoms with Crippen LogP contribution < -0.4 is 5.19 Å². The highest BCUT2D eigenvalue weighted by Gasteiger charge is 2.27. The van der Waals surface area contributed by atoms with Gasteiger partial charge in [0.2, 0.25) is 0 Å². The first-order valence-electron chi connectivity index (χ1n) is 5.51. The molecule has 1 heterocycles. The fourth-order valence-electron chi connectivity index (χ4n) is 2.11. The summed E-state index contributed by atoms with van der Waals surface area (Å²) >= 11 is 12.7. The second-order valence-electron chi connectivity index (χ2n) is 5.19. The van der Waals surface area contributed by atoms with Crippen LogP contribution in [0.25, 0.3) is 10.9 Å². The second-order valence-corrected chi connectivity index (χ2v) is 13.4. The van der Waals surface area contributed by atoms with E-state index in [1.54, 1.807) is 11.8 Å². The normalized spacial score (nSPS) is 12.4. The third-order valence-corrected chi connectivity index (χ3v) is 9.04. The van der Waals surface area contributed by atoms with Gasteiger partial charge in [-0.3, -0.25) is 0 Å². The highest BCUT2D eigenvalue weighted by Crippen LogP contribution is 2.38. The van der Waals surface area contributed by atoms with E-state index in [4.69, 9.17) is 0 Å². The summed E-state index contributed by atoms with van der Waals surface area (Å²) < 4.78 is 3.29. The number of rotatable bonds is 2. The molecule has 0 fully saturated rings. The molecule has 2 aromatic rings. The quantitative estimate of drug-likeness (QED) is 0.336. The molecule has 0 spiro atoms. The highest BCUT2D eigenvalue weighted by molar-refractivity contribution is 9.14. The van der Waals surface area contributed by atoms with Crippen molar-refractivity contribution >= 4 is 83.7 Å². The summed E-state index contributed by atoms with van der Waals surface area (Å²) in [6, 6.07) is 2.15. The lowest BCUT2D eigenvalue weighted by Gasteiger charge is -2.18. The number of benzene rings is 1. The van der Waals surface area contributed by atoms with Gasteiger partial charge in [-0.15, -0.1) is 11.8 Å².